The molecule has 7 rings (SSSR count). The van der Waals surface area contributed by atoms with Crippen LogP contribution in [0.3, 0.4) is 0 Å². The molecule has 0 radical (unpaired) electrons. The molecule has 2 aliphatic rings. The van der Waals surface area contributed by atoms with Gasteiger partial charge in [0.2, 0.25) is 11.2 Å². The maximum atomic E-state index is 12.1. The number of benzene rings is 4. The first-order valence-electron chi connectivity index (χ1n) is 17.7. The number of allylic oxidation sites excluding steroid dienone is 7. The van der Waals surface area contributed by atoms with Gasteiger partial charge in [-0.2, -0.15) is 13.0 Å². The Balaban J connectivity index is 1.20. The van der Waals surface area contributed by atoms with Gasteiger partial charge in [-0.3, -0.25) is 4.55 Å². The zero-order valence-corrected chi connectivity index (χ0v) is 31.8. The number of pyridine rings is 1. The van der Waals surface area contributed by atoms with Crippen LogP contribution in [-0.4, -0.2) is 24.8 Å². The lowest BCUT2D eigenvalue weighted by molar-refractivity contribution is -0.673. The Kier molecular flexibility index (Phi) is 11.2. The zero-order chi connectivity index (χ0) is 37.1. The van der Waals surface area contributed by atoms with Crippen molar-refractivity contribution in [2.75, 3.05) is 11.4 Å². The van der Waals surface area contributed by atoms with Gasteiger partial charge < -0.3 is 4.90 Å². The lowest BCUT2D eigenvalue weighted by atomic mass is 9.93. The highest BCUT2D eigenvalue weighted by Crippen LogP contribution is 2.40. The largest absolute Gasteiger partial charge is 0.341 e. The van der Waals surface area contributed by atoms with Crippen molar-refractivity contribution in [3.63, 3.8) is 0 Å². The van der Waals surface area contributed by atoms with Crippen molar-refractivity contribution in [1.29, 1.82) is 0 Å². The summed E-state index contributed by atoms with van der Waals surface area (Å²) in [4.78, 5) is 3.10. The predicted molar refractivity (Wildman–Crippen MR) is 215 cm³/mol. The Morgan fingerprint density at radius 1 is 0.868 bits per heavy atom. The van der Waals surface area contributed by atoms with Gasteiger partial charge >= 0.3 is 0 Å². The van der Waals surface area contributed by atoms with Gasteiger partial charge in [0.25, 0.3) is 10.1 Å². The van der Waals surface area contributed by atoms with E-state index in [1.54, 1.807) is 12.1 Å². The van der Waals surface area contributed by atoms with Crippen molar-refractivity contribution in [2.24, 2.45) is 0 Å². The molecule has 272 valence electrons. The van der Waals surface area contributed by atoms with Crippen LogP contribution in [0.1, 0.15) is 57.2 Å². The molecule has 5 aromatic rings. The average Bonchev–Trinajstić information content (AvgIpc) is 3.16. The summed E-state index contributed by atoms with van der Waals surface area (Å²) in [5.74, 6) is 0. The highest BCUT2D eigenvalue weighted by molar-refractivity contribution is 7.94. The first-order valence-corrected chi connectivity index (χ1v) is 20.3. The molecule has 0 amide bonds. The molecule has 11 heteroatoms. The van der Waals surface area contributed by atoms with E-state index in [9.17, 15) is 13.0 Å². The third-order valence-electron chi connectivity index (χ3n) is 9.82. The lowest BCUT2D eigenvalue weighted by Gasteiger charge is -2.31. The fourth-order valence-electron chi connectivity index (χ4n) is 7.47. The van der Waals surface area contributed by atoms with E-state index in [1.165, 1.54) is 6.07 Å². The van der Waals surface area contributed by atoms with Crippen LogP contribution in [0, 0.1) is 0 Å². The maximum absolute atomic E-state index is 12.1. The van der Waals surface area contributed by atoms with E-state index >= 15 is 0 Å². The summed E-state index contributed by atoms with van der Waals surface area (Å²) >= 11 is 8.09. The molecular formula is C42H40ClN2O6S2+. The Labute approximate surface area is 318 Å². The maximum Gasteiger partial charge on any atom is 0.295 e. The number of hydrogen-bond donors (Lipinski definition) is 2. The first-order chi connectivity index (χ1) is 25.7. The number of nitrogens with zero attached hydrogens (tertiary/aromatic N) is 2. The second-order valence-corrected chi connectivity index (χ2v) is 15.6. The Hall–Kier alpha value is -4.26. The summed E-state index contributed by atoms with van der Waals surface area (Å²) in [6.45, 7) is 5.94. The normalized spacial score (nSPS) is 16.7. The van der Waals surface area contributed by atoms with Crippen LogP contribution < -0.4 is 9.47 Å². The summed E-state index contributed by atoms with van der Waals surface area (Å²) in [7, 11) is -4.36. The number of hydrogen-bond acceptors (Lipinski definition) is 7. The highest BCUT2D eigenvalue weighted by atomic mass is 35.5. The van der Waals surface area contributed by atoms with Gasteiger partial charge in [0, 0.05) is 63.4 Å². The Morgan fingerprint density at radius 3 is 2.45 bits per heavy atom. The van der Waals surface area contributed by atoms with Gasteiger partial charge in [-0.1, -0.05) is 79.0 Å². The molecular weight excluding hydrogens is 728 g/mol. The van der Waals surface area contributed by atoms with Crippen LogP contribution in [0.25, 0.3) is 44.6 Å². The van der Waals surface area contributed by atoms with Gasteiger partial charge in [-0.25, -0.2) is 5.26 Å². The molecule has 4 aromatic carbocycles. The van der Waals surface area contributed by atoms with E-state index in [0.29, 0.717) is 5.39 Å². The van der Waals surface area contributed by atoms with Crippen LogP contribution in [0.15, 0.2) is 129 Å². The molecule has 0 spiro atoms. The van der Waals surface area contributed by atoms with E-state index in [1.807, 2.05) is 30.3 Å². The van der Waals surface area contributed by atoms with Crippen LogP contribution in [0.4, 0.5) is 5.69 Å². The topological polar surface area (TPSA) is 100 Å². The summed E-state index contributed by atoms with van der Waals surface area (Å²) < 4.78 is 41.0. The van der Waals surface area contributed by atoms with Crippen molar-refractivity contribution >= 4 is 84.0 Å². The van der Waals surface area contributed by atoms with Crippen molar-refractivity contribution in [1.82, 2.24) is 0 Å². The Bertz CT molecular complexity index is 2500. The van der Waals surface area contributed by atoms with E-state index in [4.69, 9.17) is 21.2 Å². The SMILES string of the molecule is CCCN1C(=CC=C2CCCC(C=Cc3ccc4c5cccc(S(=O)(=O)O)c5ccc4[n+]3CCC)=C2Cl)C=Cc2c1ccc1c(SOOO)cccc21. The minimum Gasteiger partial charge on any atom is -0.341 e. The molecule has 0 unspecified atom stereocenters. The van der Waals surface area contributed by atoms with Crippen molar-refractivity contribution in [3.8, 4) is 0 Å². The second kappa shape index (κ2) is 16.0. The van der Waals surface area contributed by atoms with E-state index in [0.717, 1.165) is 128 Å². The van der Waals surface area contributed by atoms with Gasteiger partial charge in [-0.15, -0.1) is 4.33 Å². The minimum absolute atomic E-state index is 0.0897. The molecule has 2 heterocycles. The van der Waals surface area contributed by atoms with Crippen LogP contribution >= 0.6 is 23.6 Å². The standard InChI is InChI=1S/C42H39ClN2O6S2/c1-3-26-44-30(18-20-34-32-10-6-12-40(52-51-50-46)36(32)22-24-38(34)44)16-14-28-8-5-9-29(42(28)43)15-17-31-19-21-35-33-11-7-13-41(53(47,48)49)37(33)23-25-39(35)45(31)27-4-2/h6-7,10-25H,3-5,8-9,26-27H2,1-2H3,(H-,46,47,48,49)/p+1. The van der Waals surface area contributed by atoms with Crippen molar-refractivity contribution < 1.29 is 32.2 Å². The molecule has 53 heavy (non-hydrogen) atoms. The molecule has 0 saturated heterocycles. The summed E-state index contributed by atoms with van der Waals surface area (Å²) in [5.41, 5.74) is 7.55. The monoisotopic (exact) mass is 767 g/mol. The fraction of sp³-hybridized carbons (Fsp3) is 0.214. The van der Waals surface area contributed by atoms with Crippen LogP contribution in [0.2, 0.25) is 0 Å². The summed E-state index contributed by atoms with van der Waals surface area (Å²) in [6.07, 6.45) is 17.5. The molecule has 1 aromatic heterocycles. The predicted octanol–water partition coefficient (Wildman–Crippen LogP) is 11.0. The van der Waals surface area contributed by atoms with Crippen LogP contribution in [-0.2, 0) is 26.0 Å². The molecule has 1 aliphatic carbocycles. The molecule has 1 aliphatic heterocycles. The highest BCUT2D eigenvalue weighted by Gasteiger charge is 2.22. The number of aryl methyl sites for hydroxylation is 1. The average molecular weight is 768 g/mol. The number of fused-ring (bicyclic) bond motifs is 6. The molecule has 2 N–H and O–H groups in total. The molecule has 0 saturated carbocycles. The molecule has 8 nitrogen and oxygen atoms in total. The van der Waals surface area contributed by atoms with E-state index < -0.39 is 10.1 Å². The van der Waals surface area contributed by atoms with Crippen molar-refractivity contribution in [3.05, 3.63) is 130 Å². The summed E-state index contributed by atoms with van der Waals surface area (Å²) in [5, 5.41) is 17.6. The number of aromatic nitrogens is 1. The van der Waals surface area contributed by atoms with Gasteiger partial charge in [0.05, 0.1) is 17.4 Å². The molecule has 0 bridgehead atoms. The van der Waals surface area contributed by atoms with E-state index in [2.05, 4.69) is 89.1 Å². The molecule has 0 fully saturated rings. The number of anilines is 1. The quantitative estimate of drug-likeness (QED) is 0.0342. The smallest absolute Gasteiger partial charge is 0.295 e. The van der Waals surface area contributed by atoms with Crippen molar-refractivity contribution in [2.45, 2.75) is 62.3 Å². The van der Waals surface area contributed by atoms with E-state index in [-0.39, 0.29) is 4.90 Å². The third kappa shape index (κ3) is 7.46. The first kappa shape index (κ1) is 37.1. The van der Waals surface area contributed by atoms with Crippen LogP contribution in [0.5, 0.6) is 0 Å². The zero-order valence-electron chi connectivity index (χ0n) is 29.5. The third-order valence-corrected chi connectivity index (χ3v) is 11.9. The molecule has 0 atom stereocenters. The van der Waals surface area contributed by atoms with Gasteiger partial charge in [0.1, 0.15) is 11.4 Å². The number of halogens is 1. The second-order valence-electron chi connectivity index (χ2n) is 13.1. The Morgan fingerprint density at radius 2 is 1.66 bits per heavy atom. The van der Waals surface area contributed by atoms with Gasteiger partial charge in [0.15, 0.2) is 0 Å². The lowest BCUT2D eigenvalue weighted by Crippen LogP contribution is -2.37. The van der Waals surface area contributed by atoms with Gasteiger partial charge in [-0.05, 0) is 95.5 Å². The summed E-state index contributed by atoms with van der Waals surface area (Å²) in [6, 6.07) is 23.0. The number of rotatable bonds is 11. The fourth-order valence-corrected chi connectivity index (χ4v) is 8.99. The minimum atomic E-state index is -4.36.